The van der Waals surface area contributed by atoms with Crippen LogP contribution in [0.2, 0.25) is 0 Å². The van der Waals surface area contributed by atoms with Crippen LogP contribution in [-0.4, -0.2) is 76.3 Å². The van der Waals surface area contributed by atoms with Crippen molar-refractivity contribution in [3.05, 3.63) is 18.0 Å². The summed E-state index contributed by atoms with van der Waals surface area (Å²) >= 11 is 0. The number of rotatable bonds is 8. The van der Waals surface area contributed by atoms with Crippen LogP contribution in [0, 0.1) is 5.92 Å². The highest BCUT2D eigenvalue weighted by molar-refractivity contribution is 5.03. The van der Waals surface area contributed by atoms with Gasteiger partial charge >= 0.3 is 0 Å². The fraction of sp³-hybridized carbons (Fsp3) is 0.870. The Kier molecular flexibility index (Phi) is 7.43. The summed E-state index contributed by atoms with van der Waals surface area (Å²) in [5.74, 6) is 0.840. The molecule has 0 N–H and O–H groups in total. The van der Waals surface area contributed by atoms with Crippen LogP contribution in [0.5, 0.6) is 0 Å². The maximum Gasteiger partial charge on any atom is 0.0534 e. The molecule has 4 rings (SSSR count). The van der Waals surface area contributed by atoms with Crippen LogP contribution < -0.4 is 0 Å². The number of nitrogens with zero attached hydrogens (tertiary/aromatic N) is 5. The van der Waals surface area contributed by atoms with Gasteiger partial charge in [0, 0.05) is 57.6 Å². The molecule has 2 aliphatic heterocycles. The van der Waals surface area contributed by atoms with Crippen LogP contribution in [0.15, 0.2) is 12.4 Å². The van der Waals surface area contributed by atoms with E-state index >= 15 is 0 Å². The molecule has 158 valence electrons. The zero-order valence-electron chi connectivity index (χ0n) is 18.1. The van der Waals surface area contributed by atoms with Crippen LogP contribution in [0.1, 0.15) is 63.4 Å². The molecule has 0 spiro atoms. The Balaban J connectivity index is 1.33. The van der Waals surface area contributed by atoms with Crippen molar-refractivity contribution in [1.82, 2.24) is 24.5 Å². The fourth-order valence-electron chi connectivity index (χ4n) is 5.72. The van der Waals surface area contributed by atoms with Crippen LogP contribution in [0.25, 0.3) is 0 Å². The molecule has 1 aromatic rings. The third-order valence-electron chi connectivity index (χ3n) is 7.25. The minimum atomic E-state index is 0.840. The van der Waals surface area contributed by atoms with Gasteiger partial charge in [-0.05, 0) is 64.1 Å². The van der Waals surface area contributed by atoms with Crippen molar-refractivity contribution in [2.45, 2.75) is 70.4 Å². The van der Waals surface area contributed by atoms with Gasteiger partial charge < -0.3 is 9.80 Å². The Hall–Kier alpha value is -0.910. The van der Waals surface area contributed by atoms with E-state index in [-0.39, 0.29) is 0 Å². The highest BCUT2D eigenvalue weighted by atomic mass is 15.3. The molecule has 0 aromatic carbocycles. The minimum absolute atomic E-state index is 0.840. The van der Waals surface area contributed by atoms with Crippen molar-refractivity contribution in [3.63, 3.8) is 0 Å². The number of hydrogen-bond donors (Lipinski definition) is 0. The molecule has 5 nitrogen and oxygen atoms in total. The molecule has 0 bridgehead atoms. The average Bonchev–Trinajstić information content (AvgIpc) is 3.39. The first-order chi connectivity index (χ1) is 13.8. The zero-order chi connectivity index (χ0) is 19.2. The van der Waals surface area contributed by atoms with Gasteiger partial charge in [0.05, 0.1) is 6.20 Å². The Bertz CT molecular complexity index is 573. The quantitative estimate of drug-likeness (QED) is 0.684. The molecule has 0 radical (unpaired) electrons. The van der Waals surface area contributed by atoms with E-state index in [1.807, 2.05) is 11.7 Å². The molecule has 3 fully saturated rings. The van der Waals surface area contributed by atoms with E-state index in [9.17, 15) is 0 Å². The van der Waals surface area contributed by atoms with E-state index in [2.05, 4.69) is 32.2 Å². The van der Waals surface area contributed by atoms with Gasteiger partial charge in [0.15, 0.2) is 0 Å². The molecule has 5 heteroatoms. The van der Waals surface area contributed by atoms with Gasteiger partial charge in [-0.3, -0.25) is 9.58 Å². The third kappa shape index (κ3) is 5.80. The molecule has 1 saturated carbocycles. The van der Waals surface area contributed by atoms with E-state index in [0.29, 0.717) is 0 Å². The molecule has 0 unspecified atom stereocenters. The molecule has 28 heavy (non-hydrogen) atoms. The van der Waals surface area contributed by atoms with Gasteiger partial charge in [-0.1, -0.05) is 19.3 Å². The van der Waals surface area contributed by atoms with Gasteiger partial charge in [-0.15, -0.1) is 0 Å². The molecule has 1 atom stereocenters. The Labute approximate surface area is 172 Å². The lowest BCUT2D eigenvalue weighted by molar-refractivity contribution is 0.0912. The van der Waals surface area contributed by atoms with Crippen molar-refractivity contribution in [2.24, 2.45) is 13.0 Å². The third-order valence-corrected chi connectivity index (χ3v) is 7.25. The second-order valence-electron chi connectivity index (χ2n) is 9.60. The van der Waals surface area contributed by atoms with E-state index in [0.717, 1.165) is 18.5 Å². The van der Waals surface area contributed by atoms with E-state index in [4.69, 9.17) is 0 Å². The Morgan fingerprint density at radius 1 is 1.00 bits per heavy atom. The summed E-state index contributed by atoms with van der Waals surface area (Å²) in [6, 6.07) is 0.892. The van der Waals surface area contributed by atoms with E-state index < -0.39 is 0 Å². The van der Waals surface area contributed by atoms with Gasteiger partial charge in [0.25, 0.3) is 0 Å². The summed E-state index contributed by atoms with van der Waals surface area (Å²) in [6.07, 6.45) is 17.1. The van der Waals surface area contributed by atoms with Crippen molar-refractivity contribution >= 4 is 0 Å². The smallest absolute Gasteiger partial charge is 0.0534 e. The number of hydrogen-bond acceptors (Lipinski definition) is 4. The van der Waals surface area contributed by atoms with Crippen molar-refractivity contribution in [2.75, 3.05) is 45.8 Å². The van der Waals surface area contributed by atoms with Crippen molar-refractivity contribution in [3.8, 4) is 0 Å². The SMILES string of the molecule is Cn1cc(CN(CCN2CCCCC2)C[C@H]2CCCN(C3CCCC3)C2)cn1. The summed E-state index contributed by atoms with van der Waals surface area (Å²) in [5.41, 5.74) is 1.37. The molecule has 0 amide bonds. The number of likely N-dealkylation sites (tertiary alicyclic amines) is 2. The van der Waals surface area contributed by atoms with Crippen molar-refractivity contribution in [1.29, 1.82) is 0 Å². The maximum absolute atomic E-state index is 4.40. The Morgan fingerprint density at radius 2 is 1.82 bits per heavy atom. The van der Waals surface area contributed by atoms with Crippen LogP contribution >= 0.6 is 0 Å². The summed E-state index contributed by atoms with van der Waals surface area (Å²) in [5, 5.41) is 4.40. The second-order valence-corrected chi connectivity index (χ2v) is 9.60. The minimum Gasteiger partial charge on any atom is -0.302 e. The van der Waals surface area contributed by atoms with Gasteiger partial charge in [0.1, 0.15) is 0 Å². The van der Waals surface area contributed by atoms with Gasteiger partial charge in [0.2, 0.25) is 0 Å². The van der Waals surface area contributed by atoms with Crippen molar-refractivity contribution < 1.29 is 0 Å². The molecule has 3 aliphatic rings. The molecule has 2 saturated heterocycles. The van der Waals surface area contributed by atoms with Crippen LogP contribution in [-0.2, 0) is 13.6 Å². The lowest BCUT2D eigenvalue weighted by Crippen LogP contribution is -2.46. The van der Waals surface area contributed by atoms with Crippen LogP contribution in [0.3, 0.4) is 0 Å². The molecule has 3 heterocycles. The number of aromatic nitrogens is 2. The second kappa shape index (κ2) is 10.2. The molecule has 1 aromatic heterocycles. The standard InChI is InChI=1S/C23H41N5/c1-25-17-22(16-24-25)19-27(15-14-26-11-5-2-6-12-26)18-21-8-7-13-28(20-21)23-9-3-4-10-23/h16-17,21,23H,2-15,18-20H2,1H3/t21-/m1/s1. The predicted molar refractivity (Wildman–Crippen MR) is 115 cm³/mol. The first-order valence-electron chi connectivity index (χ1n) is 11.9. The van der Waals surface area contributed by atoms with E-state index in [1.54, 1.807) is 0 Å². The summed E-state index contributed by atoms with van der Waals surface area (Å²) in [7, 11) is 2.03. The number of piperidine rings is 2. The monoisotopic (exact) mass is 387 g/mol. The zero-order valence-corrected chi connectivity index (χ0v) is 18.1. The lowest BCUT2D eigenvalue weighted by atomic mass is 9.95. The topological polar surface area (TPSA) is 27.5 Å². The predicted octanol–water partition coefficient (Wildman–Crippen LogP) is 3.36. The fourth-order valence-corrected chi connectivity index (χ4v) is 5.72. The first-order valence-corrected chi connectivity index (χ1v) is 11.9. The maximum atomic E-state index is 4.40. The van der Waals surface area contributed by atoms with Gasteiger partial charge in [-0.25, -0.2) is 0 Å². The Morgan fingerprint density at radius 3 is 2.57 bits per heavy atom. The lowest BCUT2D eigenvalue weighted by Gasteiger charge is -2.39. The summed E-state index contributed by atoms with van der Waals surface area (Å²) < 4.78 is 1.95. The first kappa shape index (κ1) is 20.4. The average molecular weight is 388 g/mol. The van der Waals surface area contributed by atoms with Crippen LogP contribution in [0.4, 0.5) is 0 Å². The molecular formula is C23H41N5. The highest BCUT2D eigenvalue weighted by Gasteiger charge is 2.29. The molecule has 1 aliphatic carbocycles. The number of aryl methyl sites for hydroxylation is 1. The normalized spacial score (nSPS) is 25.7. The van der Waals surface area contributed by atoms with E-state index in [1.165, 1.54) is 109 Å². The highest BCUT2D eigenvalue weighted by Crippen LogP contribution is 2.28. The summed E-state index contributed by atoms with van der Waals surface area (Å²) in [6.45, 7) is 10.0. The molecular weight excluding hydrogens is 346 g/mol. The van der Waals surface area contributed by atoms with Gasteiger partial charge in [-0.2, -0.15) is 5.10 Å². The summed E-state index contributed by atoms with van der Waals surface area (Å²) in [4.78, 5) is 8.26. The largest absolute Gasteiger partial charge is 0.302 e.